The topological polar surface area (TPSA) is 145 Å². The molecule has 13 heteroatoms. The van der Waals surface area contributed by atoms with Gasteiger partial charge in [0.2, 0.25) is 0 Å². The third-order valence-corrected chi connectivity index (χ3v) is 4.43. The zero-order valence-electron chi connectivity index (χ0n) is 17.4. The van der Waals surface area contributed by atoms with Crippen LogP contribution < -0.4 is 11.1 Å². The summed E-state index contributed by atoms with van der Waals surface area (Å²) < 4.78 is 40.3. The van der Waals surface area contributed by atoms with E-state index in [0.29, 0.717) is 18.2 Å². The Bertz CT molecular complexity index is 1170. The van der Waals surface area contributed by atoms with E-state index in [1.54, 1.807) is 24.5 Å². The smallest absolute Gasteiger partial charge is 0.382 e. The number of hydrogen-bond donors (Lipinski definition) is 2. The normalized spacial score (nSPS) is 11.6. The van der Waals surface area contributed by atoms with Crippen molar-refractivity contribution in [3.63, 3.8) is 0 Å². The number of unbranched alkanes of at least 4 members (excludes halogenated alkanes) is 1. The molecule has 3 N–H and O–H groups in total. The number of nitrogens with zero attached hydrogens (tertiary/aromatic N) is 6. The Kier molecular flexibility index (Phi) is 7.10. The van der Waals surface area contributed by atoms with E-state index in [-0.39, 0.29) is 23.1 Å². The van der Waals surface area contributed by atoms with Crippen molar-refractivity contribution in [1.29, 1.82) is 0 Å². The van der Waals surface area contributed by atoms with Gasteiger partial charge in [-0.2, -0.15) is 13.2 Å². The molecule has 3 rings (SSSR count). The molecule has 0 radical (unpaired) electrons. The van der Waals surface area contributed by atoms with Gasteiger partial charge in [0.25, 0.3) is 5.69 Å². The molecule has 10 nitrogen and oxygen atoms in total. The number of nitrogens with two attached hydrogens (primary N) is 1. The maximum absolute atomic E-state index is 13.4. The second-order valence-corrected chi connectivity index (χ2v) is 6.80. The van der Waals surface area contributed by atoms with Crippen LogP contribution in [-0.2, 0) is 6.18 Å². The number of alkyl halides is 3. The molecule has 1 aromatic carbocycles. The Balaban J connectivity index is 2.06. The number of azo groups is 1. The van der Waals surface area contributed by atoms with Crippen LogP contribution in [0, 0.1) is 10.1 Å². The molecule has 0 saturated carbocycles. The van der Waals surface area contributed by atoms with Gasteiger partial charge in [0.05, 0.1) is 16.2 Å². The first-order valence-electron chi connectivity index (χ1n) is 9.80. The average Bonchev–Trinajstić information content (AvgIpc) is 2.78. The summed E-state index contributed by atoms with van der Waals surface area (Å²) in [5.41, 5.74) is 4.01. The van der Waals surface area contributed by atoms with Gasteiger partial charge in [-0.05, 0) is 24.6 Å². The molecule has 2 aromatic heterocycles. The van der Waals surface area contributed by atoms with Crippen LogP contribution in [0.15, 0.2) is 53.0 Å². The van der Waals surface area contributed by atoms with Gasteiger partial charge in [-0.3, -0.25) is 15.1 Å². The number of anilines is 2. The Morgan fingerprint density at radius 1 is 1.15 bits per heavy atom. The molecule has 0 fully saturated rings. The molecular formula is C20H19F3N8O2. The van der Waals surface area contributed by atoms with Gasteiger partial charge in [-0.15, -0.1) is 10.2 Å². The number of non-ortho nitro benzene ring substituents is 1. The fourth-order valence-corrected chi connectivity index (χ4v) is 2.76. The summed E-state index contributed by atoms with van der Waals surface area (Å²) in [6.07, 6.45) is -0.0826. The van der Waals surface area contributed by atoms with E-state index in [2.05, 4.69) is 30.5 Å². The Morgan fingerprint density at radius 3 is 2.52 bits per heavy atom. The molecule has 0 aliphatic carbocycles. The standard InChI is InChI=1S/C20H19F3N8O2/c1-2-3-8-26-19-16(17(24)27-18(28-19)12-6-9-25-10-7-12)30-29-15-5-4-13(31(32)33)11-14(15)20(21,22)23/h4-7,9-11H,2-3,8H2,1H3,(H3,24,26,27,28). The van der Waals surface area contributed by atoms with Gasteiger partial charge in [0.1, 0.15) is 0 Å². The summed E-state index contributed by atoms with van der Waals surface area (Å²) >= 11 is 0. The van der Waals surface area contributed by atoms with Crippen molar-refractivity contribution in [1.82, 2.24) is 15.0 Å². The Morgan fingerprint density at radius 2 is 1.88 bits per heavy atom. The molecule has 0 aliphatic rings. The number of nitro benzene ring substituents is 1. The number of hydrogen-bond acceptors (Lipinski definition) is 9. The van der Waals surface area contributed by atoms with Crippen LogP contribution in [0.4, 0.5) is 41.9 Å². The van der Waals surface area contributed by atoms with E-state index >= 15 is 0 Å². The van der Waals surface area contributed by atoms with Crippen LogP contribution in [0.1, 0.15) is 25.3 Å². The molecule has 0 saturated heterocycles. The minimum atomic E-state index is -4.88. The van der Waals surface area contributed by atoms with Gasteiger partial charge in [0.15, 0.2) is 23.1 Å². The summed E-state index contributed by atoms with van der Waals surface area (Å²) in [7, 11) is 0. The number of pyridine rings is 1. The number of nitro groups is 1. The summed E-state index contributed by atoms with van der Waals surface area (Å²) in [4.78, 5) is 22.5. The Labute approximate surface area is 186 Å². The summed E-state index contributed by atoms with van der Waals surface area (Å²) in [6, 6.07) is 5.55. The molecule has 33 heavy (non-hydrogen) atoms. The predicted molar refractivity (Wildman–Crippen MR) is 115 cm³/mol. The largest absolute Gasteiger partial charge is 0.418 e. The highest BCUT2D eigenvalue weighted by atomic mass is 19.4. The van der Waals surface area contributed by atoms with Crippen LogP contribution in [-0.4, -0.2) is 26.4 Å². The van der Waals surface area contributed by atoms with E-state index < -0.39 is 28.0 Å². The maximum Gasteiger partial charge on any atom is 0.418 e. The minimum absolute atomic E-state index is 0.0459. The van der Waals surface area contributed by atoms with Gasteiger partial charge in [0, 0.05) is 36.6 Å². The van der Waals surface area contributed by atoms with E-state index in [0.717, 1.165) is 25.0 Å². The quantitative estimate of drug-likeness (QED) is 0.190. The minimum Gasteiger partial charge on any atom is -0.382 e. The fourth-order valence-electron chi connectivity index (χ4n) is 2.76. The Hall–Kier alpha value is -4.16. The number of aromatic nitrogens is 3. The number of nitrogens with one attached hydrogen (secondary N) is 1. The van der Waals surface area contributed by atoms with Crippen LogP contribution in [0.3, 0.4) is 0 Å². The van der Waals surface area contributed by atoms with Crippen LogP contribution in [0.2, 0.25) is 0 Å². The van der Waals surface area contributed by atoms with Crippen LogP contribution in [0.25, 0.3) is 11.4 Å². The molecule has 0 atom stereocenters. The predicted octanol–water partition coefficient (Wildman–Crippen LogP) is 5.68. The highest BCUT2D eigenvalue weighted by molar-refractivity contribution is 5.75. The summed E-state index contributed by atoms with van der Waals surface area (Å²) in [5.74, 6) is 0.371. The van der Waals surface area contributed by atoms with Crippen molar-refractivity contribution in [3.8, 4) is 11.4 Å². The molecule has 0 unspecified atom stereocenters. The molecule has 0 bridgehead atoms. The number of halogens is 3. The maximum atomic E-state index is 13.4. The van der Waals surface area contributed by atoms with E-state index in [1.165, 1.54) is 0 Å². The van der Waals surface area contributed by atoms with Crippen molar-refractivity contribution in [2.24, 2.45) is 10.2 Å². The lowest BCUT2D eigenvalue weighted by molar-refractivity contribution is -0.385. The summed E-state index contributed by atoms with van der Waals surface area (Å²) in [5, 5.41) is 21.5. The van der Waals surface area contributed by atoms with Gasteiger partial charge in [-0.1, -0.05) is 13.3 Å². The molecule has 172 valence electrons. The lowest BCUT2D eigenvalue weighted by Gasteiger charge is -2.12. The van der Waals surface area contributed by atoms with Gasteiger partial charge in [-0.25, -0.2) is 9.97 Å². The van der Waals surface area contributed by atoms with Crippen LogP contribution in [0.5, 0.6) is 0 Å². The zero-order valence-corrected chi connectivity index (χ0v) is 17.4. The number of benzene rings is 1. The summed E-state index contributed by atoms with van der Waals surface area (Å²) in [6.45, 7) is 2.50. The second-order valence-electron chi connectivity index (χ2n) is 6.80. The highest BCUT2D eigenvalue weighted by Gasteiger charge is 2.35. The van der Waals surface area contributed by atoms with E-state index in [4.69, 9.17) is 5.73 Å². The van der Waals surface area contributed by atoms with E-state index in [9.17, 15) is 23.3 Å². The van der Waals surface area contributed by atoms with Crippen LogP contribution >= 0.6 is 0 Å². The lowest BCUT2D eigenvalue weighted by Crippen LogP contribution is -2.07. The monoisotopic (exact) mass is 460 g/mol. The lowest BCUT2D eigenvalue weighted by atomic mass is 10.1. The SMILES string of the molecule is CCCCNc1nc(-c2ccncc2)nc(N)c1N=Nc1ccc([N+](=O)[O-])cc1C(F)(F)F. The van der Waals surface area contributed by atoms with Crippen molar-refractivity contribution < 1.29 is 18.1 Å². The molecular weight excluding hydrogens is 441 g/mol. The average molecular weight is 460 g/mol. The highest BCUT2D eigenvalue weighted by Crippen LogP contribution is 2.40. The first-order chi connectivity index (χ1) is 15.7. The first kappa shape index (κ1) is 23.5. The van der Waals surface area contributed by atoms with Crippen molar-refractivity contribution in [3.05, 3.63) is 58.4 Å². The second kappa shape index (κ2) is 9.97. The number of rotatable bonds is 8. The third-order valence-electron chi connectivity index (χ3n) is 4.43. The third kappa shape index (κ3) is 5.75. The van der Waals surface area contributed by atoms with Crippen molar-refractivity contribution >= 4 is 28.7 Å². The molecule has 3 aromatic rings. The number of nitrogen functional groups attached to an aromatic ring is 1. The molecule has 2 heterocycles. The van der Waals surface area contributed by atoms with Gasteiger partial charge < -0.3 is 11.1 Å². The van der Waals surface area contributed by atoms with E-state index in [1.807, 2.05) is 6.92 Å². The van der Waals surface area contributed by atoms with Gasteiger partial charge >= 0.3 is 6.18 Å². The molecule has 0 amide bonds. The first-order valence-corrected chi connectivity index (χ1v) is 9.80. The molecule has 0 spiro atoms. The van der Waals surface area contributed by atoms with Crippen molar-refractivity contribution in [2.75, 3.05) is 17.6 Å². The molecule has 0 aliphatic heterocycles. The zero-order chi connectivity index (χ0) is 24.0. The fraction of sp³-hybridized carbons (Fsp3) is 0.250. The van der Waals surface area contributed by atoms with Crippen molar-refractivity contribution in [2.45, 2.75) is 25.9 Å².